The van der Waals surface area contributed by atoms with Crippen molar-refractivity contribution in [3.05, 3.63) is 34.9 Å². The molecule has 0 fully saturated rings. The number of aliphatic carboxylic acids is 1. The summed E-state index contributed by atoms with van der Waals surface area (Å²) in [5, 5.41) is 18.5. The van der Waals surface area contributed by atoms with Crippen LogP contribution < -0.4 is 0 Å². The van der Waals surface area contributed by atoms with Crippen molar-refractivity contribution < 1.29 is 19.8 Å². The van der Waals surface area contributed by atoms with Gasteiger partial charge in [0.2, 0.25) is 5.91 Å². The summed E-state index contributed by atoms with van der Waals surface area (Å²) in [5.41, 5.74) is 0.797. The van der Waals surface area contributed by atoms with Gasteiger partial charge in [-0.3, -0.25) is 9.59 Å². The summed E-state index contributed by atoms with van der Waals surface area (Å²) < 4.78 is 0. The molecule has 0 aromatic heterocycles. The van der Waals surface area contributed by atoms with Gasteiger partial charge in [0.1, 0.15) is 0 Å². The van der Waals surface area contributed by atoms with E-state index in [9.17, 15) is 9.59 Å². The van der Waals surface area contributed by atoms with Gasteiger partial charge in [0, 0.05) is 18.1 Å². The average molecular weight is 300 g/mol. The van der Waals surface area contributed by atoms with Crippen LogP contribution in [0.3, 0.4) is 0 Å². The number of halogens is 1. The Morgan fingerprint density at radius 3 is 2.40 bits per heavy atom. The first kappa shape index (κ1) is 16.5. The Morgan fingerprint density at radius 2 is 1.90 bits per heavy atom. The predicted molar refractivity (Wildman–Crippen MR) is 75.6 cm³/mol. The summed E-state index contributed by atoms with van der Waals surface area (Å²) in [7, 11) is 0. The Kier molecular flexibility index (Phi) is 6.48. The van der Waals surface area contributed by atoms with Gasteiger partial charge in [0.15, 0.2) is 0 Å². The molecule has 0 heterocycles. The largest absolute Gasteiger partial charge is 0.481 e. The maximum atomic E-state index is 12.1. The van der Waals surface area contributed by atoms with E-state index in [1.165, 1.54) is 11.8 Å². The molecule has 0 radical (unpaired) electrons. The molecule has 2 N–H and O–H groups in total. The van der Waals surface area contributed by atoms with E-state index in [0.29, 0.717) is 5.02 Å². The molecule has 1 atom stereocenters. The third-order valence-electron chi connectivity index (χ3n) is 2.91. The highest BCUT2D eigenvalue weighted by molar-refractivity contribution is 6.30. The molecule has 20 heavy (non-hydrogen) atoms. The molecule has 0 spiro atoms. The lowest BCUT2D eigenvalue weighted by Gasteiger charge is -2.23. The van der Waals surface area contributed by atoms with Crippen LogP contribution in [-0.2, 0) is 16.0 Å². The van der Waals surface area contributed by atoms with Crippen LogP contribution in [0.1, 0.15) is 12.5 Å². The van der Waals surface area contributed by atoms with Gasteiger partial charge in [0.05, 0.1) is 18.9 Å². The molecule has 0 bridgehead atoms. The zero-order valence-corrected chi connectivity index (χ0v) is 12.0. The SMILES string of the molecule is CC(CN(CCO)C(=O)Cc1ccc(Cl)cc1)C(=O)O. The molecule has 110 valence electrons. The van der Waals surface area contributed by atoms with Crippen molar-refractivity contribution in [3.63, 3.8) is 0 Å². The summed E-state index contributed by atoms with van der Waals surface area (Å²) in [5.74, 6) is -1.85. The highest BCUT2D eigenvalue weighted by atomic mass is 35.5. The molecule has 1 aromatic carbocycles. The highest BCUT2D eigenvalue weighted by Gasteiger charge is 2.20. The third kappa shape index (κ3) is 5.19. The second kappa shape index (κ2) is 7.87. The lowest BCUT2D eigenvalue weighted by molar-refractivity contribution is -0.143. The highest BCUT2D eigenvalue weighted by Crippen LogP contribution is 2.11. The maximum absolute atomic E-state index is 12.1. The van der Waals surface area contributed by atoms with Crippen molar-refractivity contribution >= 4 is 23.5 Å². The minimum absolute atomic E-state index is 0.0856. The van der Waals surface area contributed by atoms with Crippen LogP contribution in [0, 0.1) is 5.92 Å². The van der Waals surface area contributed by atoms with Gasteiger partial charge >= 0.3 is 5.97 Å². The lowest BCUT2D eigenvalue weighted by atomic mass is 10.1. The molecule has 0 aliphatic heterocycles. The lowest BCUT2D eigenvalue weighted by Crippen LogP contribution is -2.39. The number of carbonyl (C=O) groups excluding carboxylic acids is 1. The number of carboxylic acids is 1. The zero-order chi connectivity index (χ0) is 15.1. The molecule has 0 saturated heterocycles. The van der Waals surface area contributed by atoms with Crippen molar-refractivity contribution in [1.82, 2.24) is 4.90 Å². The van der Waals surface area contributed by atoms with Crippen LogP contribution >= 0.6 is 11.6 Å². The van der Waals surface area contributed by atoms with Gasteiger partial charge < -0.3 is 15.1 Å². The number of hydrogen-bond acceptors (Lipinski definition) is 3. The second-order valence-electron chi connectivity index (χ2n) is 4.61. The van der Waals surface area contributed by atoms with Gasteiger partial charge in [-0.2, -0.15) is 0 Å². The van der Waals surface area contributed by atoms with Gasteiger partial charge in [-0.1, -0.05) is 30.7 Å². The quantitative estimate of drug-likeness (QED) is 0.798. The van der Waals surface area contributed by atoms with E-state index in [-0.39, 0.29) is 32.0 Å². The third-order valence-corrected chi connectivity index (χ3v) is 3.16. The van der Waals surface area contributed by atoms with Crippen LogP contribution in [0.15, 0.2) is 24.3 Å². The zero-order valence-electron chi connectivity index (χ0n) is 11.3. The van der Waals surface area contributed by atoms with Crippen molar-refractivity contribution in [2.45, 2.75) is 13.3 Å². The summed E-state index contributed by atoms with van der Waals surface area (Å²) in [6.45, 7) is 1.55. The molecular weight excluding hydrogens is 282 g/mol. The van der Waals surface area contributed by atoms with Gasteiger partial charge in [-0.25, -0.2) is 0 Å². The van der Waals surface area contributed by atoms with E-state index < -0.39 is 11.9 Å². The minimum atomic E-state index is -0.966. The van der Waals surface area contributed by atoms with E-state index in [1.807, 2.05) is 0 Å². The Morgan fingerprint density at radius 1 is 1.30 bits per heavy atom. The van der Waals surface area contributed by atoms with Crippen LogP contribution in [0.5, 0.6) is 0 Å². The summed E-state index contributed by atoms with van der Waals surface area (Å²) >= 11 is 5.77. The molecule has 6 heteroatoms. The Hall–Kier alpha value is -1.59. The molecular formula is C14H18ClNO4. The number of rotatable bonds is 7. The minimum Gasteiger partial charge on any atom is -0.481 e. The fraction of sp³-hybridized carbons (Fsp3) is 0.429. The summed E-state index contributed by atoms with van der Waals surface area (Å²) in [6, 6.07) is 6.89. The summed E-state index contributed by atoms with van der Waals surface area (Å²) in [4.78, 5) is 24.3. The van der Waals surface area contributed by atoms with Crippen LogP contribution in [0.4, 0.5) is 0 Å². The number of amides is 1. The van der Waals surface area contributed by atoms with Gasteiger partial charge in [0.25, 0.3) is 0 Å². The normalized spacial score (nSPS) is 11.9. The standard InChI is InChI=1S/C14H18ClNO4/c1-10(14(19)20)9-16(6-7-17)13(18)8-11-2-4-12(15)5-3-11/h2-5,10,17H,6-9H2,1H3,(H,19,20). The van der Waals surface area contributed by atoms with E-state index in [2.05, 4.69) is 0 Å². The van der Waals surface area contributed by atoms with Crippen LogP contribution in [0.25, 0.3) is 0 Å². The first-order valence-corrected chi connectivity index (χ1v) is 6.67. The molecule has 1 amide bonds. The number of aliphatic hydroxyl groups is 1. The Labute approximate surface area is 122 Å². The first-order chi connectivity index (χ1) is 9.43. The molecule has 5 nitrogen and oxygen atoms in total. The molecule has 1 rings (SSSR count). The summed E-state index contributed by atoms with van der Waals surface area (Å²) in [6.07, 6.45) is 0.156. The van der Waals surface area contributed by atoms with Gasteiger partial charge in [-0.05, 0) is 17.7 Å². The van der Waals surface area contributed by atoms with E-state index in [1.54, 1.807) is 24.3 Å². The number of carboxylic acid groups (broad SMARTS) is 1. The topological polar surface area (TPSA) is 77.8 Å². The fourth-order valence-electron chi connectivity index (χ4n) is 1.74. The molecule has 1 unspecified atom stereocenters. The van der Waals surface area contributed by atoms with E-state index in [4.69, 9.17) is 21.8 Å². The van der Waals surface area contributed by atoms with Gasteiger partial charge in [-0.15, -0.1) is 0 Å². The Bertz CT molecular complexity index is 461. The Balaban J connectivity index is 2.68. The van der Waals surface area contributed by atoms with Crippen molar-refractivity contribution in [2.75, 3.05) is 19.7 Å². The van der Waals surface area contributed by atoms with Crippen molar-refractivity contribution in [2.24, 2.45) is 5.92 Å². The van der Waals surface area contributed by atoms with Crippen LogP contribution in [0.2, 0.25) is 5.02 Å². The number of benzene rings is 1. The first-order valence-electron chi connectivity index (χ1n) is 6.30. The smallest absolute Gasteiger partial charge is 0.308 e. The average Bonchev–Trinajstić information content (AvgIpc) is 2.40. The number of hydrogen-bond donors (Lipinski definition) is 2. The monoisotopic (exact) mass is 299 g/mol. The van der Waals surface area contributed by atoms with Crippen molar-refractivity contribution in [1.29, 1.82) is 0 Å². The number of aliphatic hydroxyl groups excluding tert-OH is 1. The number of carbonyl (C=O) groups is 2. The molecule has 0 saturated carbocycles. The molecule has 0 aliphatic carbocycles. The van der Waals surface area contributed by atoms with Crippen molar-refractivity contribution in [3.8, 4) is 0 Å². The van der Waals surface area contributed by atoms with E-state index in [0.717, 1.165) is 5.56 Å². The van der Waals surface area contributed by atoms with Crippen LogP contribution in [-0.4, -0.2) is 46.7 Å². The maximum Gasteiger partial charge on any atom is 0.308 e. The van der Waals surface area contributed by atoms with E-state index >= 15 is 0 Å². The predicted octanol–water partition coefficient (Wildman–Crippen LogP) is 1.42. The fourth-order valence-corrected chi connectivity index (χ4v) is 1.86. The number of nitrogens with zero attached hydrogens (tertiary/aromatic N) is 1. The second-order valence-corrected chi connectivity index (χ2v) is 5.04. The molecule has 1 aromatic rings. The molecule has 0 aliphatic rings.